The summed E-state index contributed by atoms with van der Waals surface area (Å²) in [5.41, 5.74) is 6.79. The van der Waals surface area contributed by atoms with Crippen LogP contribution in [0.3, 0.4) is 0 Å². The van der Waals surface area contributed by atoms with Crippen molar-refractivity contribution in [3.05, 3.63) is 97.2 Å². The molecule has 0 bridgehead atoms. The van der Waals surface area contributed by atoms with E-state index in [1.807, 2.05) is 30.5 Å². The lowest BCUT2D eigenvalue weighted by Crippen LogP contribution is -1.91. The molecule has 0 radical (unpaired) electrons. The number of hydrogen-bond donors (Lipinski definition) is 0. The van der Waals surface area contributed by atoms with E-state index in [1.54, 1.807) is 0 Å². The normalized spacial score (nSPS) is 11.8. The Bertz CT molecular complexity index is 1830. The minimum absolute atomic E-state index is 0.800. The second kappa shape index (κ2) is 6.78. The van der Waals surface area contributed by atoms with Crippen LogP contribution in [0.25, 0.3) is 66.4 Å². The first kappa shape index (κ1) is 18.2. The van der Waals surface area contributed by atoms with Gasteiger partial charge in [0.1, 0.15) is 11.4 Å². The lowest BCUT2D eigenvalue weighted by molar-refractivity contribution is 0.667. The van der Waals surface area contributed by atoms with Crippen LogP contribution in [-0.2, 0) is 7.05 Å². The summed E-state index contributed by atoms with van der Waals surface area (Å²) in [7, 11) is 2.06. The predicted octanol–water partition coefficient (Wildman–Crippen LogP) is 7.35. The third-order valence-corrected chi connectivity index (χ3v) is 6.43. The quantitative estimate of drug-likeness (QED) is 0.291. The fourth-order valence-corrected chi connectivity index (χ4v) is 4.73. The maximum Gasteiger partial charge on any atom is 0.153 e. The predicted molar refractivity (Wildman–Crippen MR) is 134 cm³/mol. The van der Waals surface area contributed by atoms with Gasteiger partial charge in [-0.1, -0.05) is 60.7 Å². The summed E-state index contributed by atoms with van der Waals surface area (Å²) in [4.78, 5) is 9.63. The van der Waals surface area contributed by atoms with Crippen LogP contribution < -0.4 is 0 Å². The molecule has 0 saturated heterocycles. The molecule has 156 valence electrons. The van der Waals surface area contributed by atoms with Gasteiger partial charge in [-0.3, -0.25) is 4.98 Å². The first-order valence-electron chi connectivity index (χ1n) is 11.0. The highest BCUT2D eigenvalue weighted by Gasteiger charge is 2.13. The summed E-state index contributed by atoms with van der Waals surface area (Å²) >= 11 is 0. The van der Waals surface area contributed by atoms with Crippen molar-refractivity contribution >= 4 is 43.7 Å². The van der Waals surface area contributed by atoms with Gasteiger partial charge in [-0.2, -0.15) is 0 Å². The van der Waals surface area contributed by atoms with E-state index < -0.39 is 0 Å². The molecule has 3 heterocycles. The number of fused-ring (bicyclic) bond motifs is 5. The zero-order chi connectivity index (χ0) is 21.9. The average Bonchev–Trinajstić information content (AvgIpc) is 3.39. The summed E-state index contributed by atoms with van der Waals surface area (Å²) in [5, 5.41) is 4.56. The molecule has 4 aromatic carbocycles. The zero-order valence-corrected chi connectivity index (χ0v) is 18.0. The number of benzene rings is 4. The van der Waals surface area contributed by atoms with Gasteiger partial charge < -0.3 is 8.98 Å². The van der Waals surface area contributed by atoms with Gasteiger partial charge in [0, 0.05) is 28.9 Å². The van der Waals surface area contributed by atoms with Crippen molar-refractivity contribution < 1.29 is 4.42 Å². The SMILES string of the molecule is Cn1c(-c2ccccc2)nc2cc(-c3cc4c(cn3)oc3cc5ccccc5cc34)ccc21. The van der Waals surface area contributed by atoms with E-state index in [1.165, 1.54) is 10.8 Å². The number of aromatic nitrogens is 3. The maximum absolute atomic E-state index is 6.11. The molecule has 0 fully saturated rings. The Kier molecular flexibility index (Phi) is 3.73. The molecule has 4 heteroatoms. The molecule has 0 aliphatic carbocycles. The smallest absolute Gasteiger partial charge is 0.153 e. The van der Waals surface area contributed by atoms with E-state index >= 15 is 0 Å². The van der Waals surface area contributed by atoms with Crippen molar-refractivity contribution in [1.29, 1.82) is 0 Å². The summed E-state index contributed by atoms with van der Waals surface area (Å²) in [6, 6.07) is 31.4. The Labute approximate surface area is 189 Å². The molecule has 33 heavy (non-hydrogen) atoms. The minimum atomic E-state index is 0.800. The van der Waals surface area contributed by atoms with Crippen molar-refractivity contribution in [2.24, 2.45) is 7.05 Å². The van der Waals surface area contributed by atoms with Crippen molar-refractivity contribution in [1.82, 2.24) is 14.5 Å². The van der Waals surface area contributed by atoms with E-state index in [2.05, 4.69) is 78.3 Å². The minimum Gasteiger partial charge on any atom is -0.454 e. The third-order valence-electron chi connectivity index (χ3n) is 6.43. The van der Waals surface area contributed by atoms with Gasteiger partial charge in [0.2, 0.25) is 0 Å². The van der Waals surface area contributed by atoms with Crippen molar-refractivity contribution in [2.45, 2.75) is 0 Å². The summed E-state index contributed by atoms with van der Waals surface area (Å²) in [5.74, 6) is 0.957. The topological polar surface area (TPSA) is 43.9 Å². The largest absolute Gasteiger partial charge is 0.454 e. The van der Waals surface area contributed by atoms with Crippen LogP contribution in [0.1, 0.15) is 0 Å². The van der Waals surface area contributed by atoms with Crippen molar-refractivity contribution in [2.75, 3.05) is 0 Å². The summed E-state index contributed by atoms with van der Waals surface area (Å²) < 4.78 is 8.25. The highest BCUT2D eigenvalue weighted by atomic mass is 16.3. The molecule has 0 amide bonds. The number of aryl methyl sites for hydroxylation is 1. The molecule has 7 rings (SSSR count). The molecule has 4 nitrogen and oxygen atoms in total. The molecule has 0 aliphatic rings. The van der Waals surface area contributed by atoms with Crippen LogP contribution in [0.5, 0.6) is 0 Å². The van der Waals surface area contributed by atoms with E-state index in [4.69, 9.17) is 14.4 Å². The maximum atomic E-state index is 6.11. The van der Waals surface area contributed by atoms with Crippen molar-refractivity contribution in [3.63, 3.8) is 0 Å². The summed E-state index contributed by atoms with van der Waals surface area (Å²) in [6.07, 6.45) is 1.83. The van der Waals surface area contributed by atoms with Gasteiger partial charge in [-0.05, 0) is 41.1 Å². The molecular weight excluding hydrogens is 406 g/mol. The van der Waals surface area contributed by atoms with E-state index in [0.29, 0.717) is 0 Å². The molecule has 0 aliphatic heterocycles. The lowest BCUT2D eigenvalue weighted by Gasteiger charge is -2.03. The van der Waals surface area contributed by atoms with E-state index in [9.17, 15) is 0 Å². The summed E-state index contributed by atoms with van der Waals surface area (Å²) in [6.45, 7) is 0. The number of rotatable bonds is 2. The Hall–Kier alpha value is -4.44. The molecule has 7 aromatic rings. The monoisotopic (exact) mass is 425 g/mol. The van der Waals surface area contributed by atoms with Crippen LogP contribution in [0, 0.1) is 0 Å². The number of imidazole rings is 1. The van der Waals surface area contributed by atoms with Crippen LogP contribution >= 0.6 is 0 Å². The molecule has 0 spiro atoms. The van der Waals surface area contributed by atoms with Gasteiger partial charge in [0.25, 0.3) is 0 Å². The number of furan rings is 1. The molecule has 0 atom stereocenters. The first-order valence-corrected chi connectivity index (χ1v) is 11.0. The fourth-order valence-electron chi connectivity index (χ4n) is 4.73. The Morgan fingerprint density at radius 3 is 2.30 bits per heavy atom. The molecule has 0 unspecified atom stereocenters. The van der Waals surface area contributed by atoms with Gasteiger partial charge in [-0.15, -0.1) is 0 Å². The second-order valence-corrected chi connectivity index (χ2v) is 8.43. The van der Waals surface area contributed by atoms with E-state index in [0.717, 1.165) is 55.6 Å². The Morgan fingerprint density at radius 2 is 1.45 bits per heavy atom. The van der Waals surface area contributed by atoms with Gasteiger partial charge in [0.15, 0.2) is 5.58 Å². The lowest BCUT2D eigenvalue weighted by atomic mass is 10.0. The first-order chi connectivity index (χ1) is 16.2. The van der Waals surface area contributed by atoms with Gasteiger partial charge in [0.05, 0.1) is 22.9 Å². The van der Waals surface area contributed by atoms with Crippen LogP contribution in [0.2, 0.25) is 0 Å². The van der Waals surface area contributed by atoms with Gasteiger partial charge >= 0.3 is 0 Å². The third kappa shape index (κ3) is 2.77. The van der Waals surface area contributed by atoms with Crippen LogP contribution in [-0.4, -0.2) is 14.5 Å². The number of hydrogen-bond acceptors (Lipinski definition) is 3. The Balaban J connectivity index is 1.39. The standard InChI is InChI=1S/C29H19N3O/c1-32-26-12-11-21(14-25(26)31-29(32)18-7-3-2-4-8-18)24-16-23-22-13-19-9-5-6-10-20(19)15-27(22)33-28(23)17-30-24/h2-17H,1H3. The second-order valence-electron chi connectivity index (χ2n) is 8.43. The van der Waals surface area contributed by atoms with Crippen LogP contribution in [0.4, 0.5) is 0 Å². The number of pyridine rings is 1. The highest BCUT2D eigenvalue weighted by molar-refractivity contribution is 6.10. The molecular formula is C29H19N3O. The fraction of sp³-hybridized carbons (Fsp3) is 0.0345. The zero-order valence-electron chi connectivity index (χ0n) is 18.0. The van der Waals surface area contributed by atoms with E-state index in [-0.39, 0.29) is 0 Å². The molecule has 3 aromatic heterocycles. The Morgan fingerprint density at radius 1 is 0.697 bits per heavy atom. The van der Waals surface area contributed by atoms with Gasteiger partial charge in [-0.25, -0.2) is 4.98 Å². The molecule has 0 N–H and O–H groups in total. The van der Waals surface area contributed by atoms with Crippen LogP contribution in [0.15, 0.2) is 102 Å². The highest BCUT2D eigenvalue weighted by Crippen LogP contribution is 2.34. The average molecular weight is 425 g/mol. The van der Waals surface area contributed by atoms with Crippen molar-refractivity contribution in [3.8, 4) is 22.6 Å². The number of nitrogens with zero attached hydrogens (tertiary/aromatic N) is 3. The molecule has 0 saturated carbocycles.